The van der Waals surface area contributed by atoms with Crippen LogP contribution in [0.4, 0.5) is 30.5 Å². The van der Waals surface area contributed by atoms with Crippen LogP contribution in [0.5, 0.6) is 5.75 Å². The van der Waals surface area contributed by atoms with E-state index in [2.05, 4.69) is 35.6 Å². The van der Waals surface area contributed by atoms with Crippen molar-refractivity contribution in [2.45, 2.75) is 19.4 Å². The number of hydrogen-bond acceptors (Lipinski definition) is 8. The van der Waals surface area contributed by atoms with Gasteiger partial charge in [-0.25, -0.2) is 24.0 Å². The Morgan fingerprint density at radius 2 is 2.00 bits per heavy atom. The lowest BCUT2D eigenvalue weighted by Crippen LogP contribution is -2.39. The monoisotopic (exact) mass is 574 g/mol. The Morgan fingerprint density at radius 3 is 2.75 bits per heavy atom. The van der Waals surface area contributed by atoms with Crippen LogP contribution in [0.15, 0.2) is 55.1 Å². The first-order valence-electron chi connectivity index (χ1n) is 12.6. The van der Waals surface area contributed by atoms with Gasteiger partial charge in [0.15, 0.2) is 5.82 Å². The highest BCUT2D eigenvalue weighted by Crippen LogP contribution is 2.36. The predicted octanol–water partition coefficient (Wildman–Crippen LogP) is 5.55. The van der Waals surface area contributed by atoms with E-state index in [0.717, 1.165) is 38.2 Å². The Bertz CT molecular complexity index is 1430. The molecule has 0 spiro atoms. The van der Waals surface area contributed by atoms with E-state index < -0.39 is 12.4 Å². The number of pyridine rings is 1. The SMILES string of the molecule is CNC[C@@H]1CCCN(c2cc(Nc3ccnc(-c4c(F)cccc4OC)n3)ncc2-c2cnn(C(F)F)c2)C1.Cl. The van der Waals surface area contributed by atoms with Crippen molar-refractivity contribution in [3.63, 3.8) is 0 Å². The van der Waals surface area contributed by atoms with Crippen molar-refractivity contribution in [1.82, 2.24) is 30.0 Å². The summed E-state index contributed by atoms with van der Waals surface area (Å²) in [5.41, 5.74) is 2.27. The number of rotatable bonds is 9. The van der Waals surface area contributed by atoms with Gasteiger partial charge in [0.05, 0.1) is 18.9 Å². The molecule has 0 unspecified atom stereocenters. The average molecular weight is 575 g/mol. The minimum atomic E-state index is -2.73. The van der Waals surface area contributed by atoms with Crippen molar-refractivity contribution in [2.24, 2.45) is 5.92 Å². The van der Waals surface area contributed by atoms with Crippen LogP contribution in [-0.2, 0) is 0 Å². The molecule has 1 atom stereocenters. The fourth-order valence-corrected chi connectivity index (χ4v) is 4.89. The fraction of sp³-hybridized carbons (Fsp3) is 0.333. The molecular weight excluding hydrogens is 545 g/mol. The molecule has 0 aliphatic carbocycles. The highest BCUT2D eigenvalue weighted by atomic mass is 35.5. The molecule has 1 saturated heterocycles. The number of methoxy groups -OCH3 is 1. The molecule has 1 aliphatic heterocycles. The number of nitrogens with one attached hydrogen (secondary N) is 2. The number of ether oxygens (including phenoxy) is 1. The van der Waals surface area contributed by atoms with Gasteiger partial charge in [0.25, 0.3) is 0 Å². The third kappa shape index (κ3) is 6.28. The van der Waals surface area contributed by atoms with Gasteiger partial charge in [-0.15, -0.1) is 12.4 Å². The molecule has 1 aliphatic rings. The number of aromatic nitrogens is 5. The van der Waals surface area contributed by atoms with Crippen molar-refractivity contribution < 1.29 is 17.9 Å². The molecule has 4 heterocycles. The van der Waals surface area contributed by atoms with Crippen molar-refractivity contribution in [3.05, 3.63) is 60.9 Å². The van der Waals surface area contributed by atoms with Gasteiger partial charge in [-0.1, -0.05) is 6.07 Å². The van der Waals surface area contributed by atoms with E-state index >= 15 is 0 Å². The van der Waals surface area contributed by atoms with Crippen LogP contribution >= 0.6 is 12.4 Å². The molecule has 9 nitrogen and oxygen atoms in total. The maximum atomic E-state index is 14.6. The van der Waals surface area contributed by atoms with E-state index in [1.165, 1.54) is 31.8 Å². The van der Waals surface area contributed by atoms with Crippen LogP contribution in [0.2, 0.25) is 0 Å². The van der Waals surface area contributed by atoms with Gasteiger partial charge in [0, 0.05) is 54.6 Å². The number of nitrogens with zero attached hydrogens (tertiary/aromatic N) is 6. The van der Waals surface area contributed by atoms with Crippen molar-refractivity contribution in [2.75, 3.05) is 44.0 Å². The first-order valence-corrected chi connectivity index (χ1v) is 12.6. The average Bonchev–Trinajstić information content (AvgIpc) is 3.44. The minimum absolute atomic E-state index is 0. The van der Waals surface area contributed by atoms with Crippen molar-refractivity contribution in [3.8, 4) is 28.3 Å². The van der Waals surface area contributed by atoms with E-state index in [0.29, 0.717) is 39.1 Å². The normalized spacial score (nSPS) is 15.2. The number of piperidine rings is 1. The molecular formula is C27H30ClF3N8O. The quantitative estimate of drug-likeness (QED) is 0.269. The maximum Gasteiger partial charge on any atom is 0.333 e. The van der Waals surface area contributed by atoms with Crippen LogP contribution in [0.3, 0.4) is 0 Å². The molecule has 212 valence electrons. The topological polar surface area (TPSA) is 93.0 Å². The van der Waals surface area contributed by atoms with Crippen molar-refractivity contribution >= 4 is 29.7 Å². The van der Waals surface area contributed by atoms with Crippen LogP contribution in [0, 0.1) is 11.7 Å². The lowest BCUT2D eigenvalue weighted by molar-refractivity contribution is 0.0566. The van der Waals surface area contributed by atoms with Crippen LogP contribution in [0.1, 0.15) is 19.4 Å². The van der Waals surface area contributed by atoms with E-state index in [1.807, 2.05) is 13.1 Å². The molecule has 1 fully saturated rings. The third-order valence-corrected chi connectivity index (χ3v) is 6.68. The van der Waals surface area contributed by atoms with E-state index in [9.17, 15) is 13.2 Å². The Balaban J connectivity index is 0.00000370. The summed E-state index contributed by atoms with van der Waals surface area (Å²) in [5, 5.41) is 10.2. The summed E-state index contributed by atoms with van der Waals surface area (Å²) in [7, 11) is 3.39. The van der Waals surface area contributed by atoms with Gasteiger partial charge in [-0.2, -0.15) is 13.9 Å². The van der Waals surface area contributed by atoms with Crippen molar-refractivity contribution in [1.29, 1.82) is 0 Å². The van der Waals surface area contributed by atoms with Gasteiger partial charge in [-0.05, 0) is 50.6 Å². The zero-order valence-corrected chi connectivity index (χ0v) is 22.8. The summed E-state index contributed by atoms with van der Waals surface area (Å²) in [4.78, 5) is 15.5. The van der Waals surface area contributed by atoms with E-state index in [4.69, 9.17) is 4.74 Å². The summed E-state index contributed by atoms with van der Waals surface area (Å²) in [6, 6.07) is 8.05. The maximum absolute atomic E-state index is 14.6. The van der Waals surface area contributed by atoms with Crippen LogP contribution in [-0.4, -0.2) is 58.5 Å². The molecule has 0 bridgehead atoms. The van der Waals surface area contributed by atoms with Gasteiger partial charge in [-0.3, -0.25) is 0 Å². The molecule has 3 aromatic heterocycles. The molecule has 4 aromatic rings. The van der Waals surface area contributed by atoms with Crippen LogP contribution in [0.25, 0.3) is 22.5 Å². The lowest BCUT2D eigenvalue weighted by Gasteiger charge is -2.35. The molecule has 40 heavy (non-hydrogen) atoms. The predicted molar refractivity (Wildman–Crippen MR) is 150 cm³/mol. The van der Waals surface area contributed by atoms with E-state index in [1.54, 1.807) is 24.4 Å². The van der Waals surface area contributed by atoms with Gasteiger partial charge < -0.3 is 20.3 Å². The Morgan fingerprint density at radius 1 is 1.15 bits per heavy atom. The van der Waals surface area contributed by atoms with Gasteiger partial charge >= 0.3 is 6.55 Å². The number of alkyl halides is 2. The highest BCUT2D eigenvalue weighted by Gasteiger charge is 2.24. The van der Waals surface area contributed by atoms with E-state index in [-0.39, 0.29) is 23.8 Å². The minimum Gasteiger partial charge on any atom is -0.496 e. The second-order valence-corrected chi connectivity index (χ2v) is 9.29. The molecule has 0 saturated carbocycles. The van der Waals surface area contributed by atoms with Crippen LogP contribution < -0.4 is 20.3 Å². The number of halogens is 4. The largest absolute Gasteiger partial charge is 0.496 e. The molecule has 13 heteroatoms. The first-order chi connectivity index (χ1) is 19.0. The molecule has 1 aromatic carbocycles. The summed E-state index contributed by atoms with van der Waals surface area (Å²) in [6.07, 6.45) is 8.03. The Hall–Kier alpha value is -3.90. The molecule has 5 rings (SSSR count). The Kier molecular flexibility index (Phi) is 9.43. The number of benzene rings is 1. The molecule has 0 amide bonds. The number of anilines is 3. The zero-order valence-electron chi connectivity index (χ0n) is 22.0. The third-order valence-electron chi connectivity index (χ3n) is 6.68. The lowest BCUT2D eigenvalue weighted by atomic mass is 9.96. The molecule has 0 radical (unpaired) electrons. The summed E-state index contributed by atoms with van der Waals surface area (Å²) >= 11 is 0. The fourth-order valence-electron chi connectivity index (χ4n) is 4.89. The Labute approximate surface area is 236 Å². The second kappa shape index (κ2) is 13.0. The zero-order chi connectivity index (χ0) is 27.4. The smallest absolute Gasteiger partial charge is 0.333 e. The summed E-state index contributed by atoms with van der Waals surface area (Å²) in [5.74, 6) is 1.34. The van der Waals surface area contributed by atoms with Gasteiger partial charge in [0.2, 0.25) is 0 Å². The summed E-state index contributed by atoms with van der Waals surface area (Å²) < 4.78 is 47.0. The summed E-state index contributed by atoms with van der Waals surface area (Å²) in [6.45, 7) is -0.213. The molecule has 2 N–H and O–H groups in total. The standard InChI is InChI=1S/C27H29F3N8O.ClH/c1-31-12-17-5-4-10-37(15-17)21-11-24(33-14-19(21)18-13-34-38(16-18)27(29)30)35-23-8-9-32-26(36-23)25-20(28)6-3-7-22(25)39-2;/h3,6-9,11,13-14,16-17,27,31H,4-5,10,12,15H2,1-2H3,(H,32,33,35,36);1H/t17-;/m0./s1. The number of hydrogen-bond donors (Lipinski definition) is 2. The first kappa shape index (κ1) is 29.1. The second-order valence-electron chi connectivity index (χ2n) is 9.29. The highest BCUT2D eigenvalue weighted by molar-refractivity contribution is 5.85. The van der Waals surface area contributed by atoms with Gasteiger partial charge in [0.1, 0.15) is 23.2 Å².